The van der Waals surface area contributed by atoms with Crippen LogP contribution in [0.25, 0.3) is 23.1 Å². The molecule has 0 unspecified atom stereocenters. The second-order valence-corrected chi connectivity index (χ2v) is 6.18. The zero-order valence-electron chi connectivity index (χ0n) is 12.0. The van der Waals surface area contributed by atoms with E-state index in [0.29, 0.717) is 0 Å². The number of anilines is 1. The van der Waals surface area contributed by atoms with E-state index in [2.05, 4.69) is 45.0 Å². The van der Waals surface area contributed by atoms with Gasteiger partial charge < -0.3 is 10.4 Å². The average Bonchev–Trinajstić information content (AvgIpc) is 2.53. The Morgan fingerprint density at radius 2 is 1.91 bits per heavy atom. The van der Waals surface area contributed by atoms with Crippen LogP contribution in [0.2, 0.25) is 0 Å². The van der Waals surface area contributed by atoms with Crippen LogP contribution < -0.4 is 5.32 Å². The number of hydrogen-bond acceptors (Lipinski definition) is 3. The van der Waals surface area contributed by atoms with Gasteiger partial charge in [-0.1, -0.05) is 6.07 Å². The topological polar surface area (TPSA) is 45.2 Å². The van der Waals surface area contributed by atoms with Crippen molar-refractivity contribution in [2.75, 3.05) is 12.4 Å². The summed E-state index contributed by atoms with van der Waals surface area (Å²) in [6.07, 6.45) is 3.78. The zero-order valence-corrected chi connectivity index (χ0v) is 14.2. The number of aromatic nitrogens is 1. The Labute approximate surface area is 142 Å². The van der Waals surface area contributed by atoms with Crippen LogP contribution >= 0.6 is 22.6 Å². The molecule has 2 N–H and O–H groups in total. The first kappa shape index (κ1) is 14.8. The Kier molecular flexibility index (Phi) is 4.29. The first-order valence-electron chi connectivity index (χ1n) is 6.91. The molecule has 0 atom stereocenters. The molecule has 3 nitrogen and oxygen atoms in total. The Morgan fingerprint density at radius 3 is 2.68 bits per heavy atom. The van der Waals surface area contributed by atoms with Gasteiger partial charge in [-0.2, -0.15) is 0 Å². The highest BCUT2D eigenvalue weighted by Crippen LogP contribution is 2.24. The normalized spacial score (nSPS) is 11.2. The van der Waals surface area contributed by atoms with E-state index in [1.807, 2.05) is 49.5 Å². The molecule has 0 spiro atoms. The van der Waals surface area contributed by atoms with Gasteiger partial charge in [-0.3, -0.25) is 0 Å². The number of nitrogens with zero attached hydrogens (tertiary/aromatic N) is 1. The number of fused-ring (bicyclic) bond motifs is 1. The van der Waals surface area contributed by atoms with Crippen molar-refractivity contribution in [1.29, 1.82) is 0 Å². The van der Waals surface area contributed by atoms with Crippen molar-refractivity contribution in [2.24, 2.45) is 0 Å². The van der Waals surface area contributed by atoms with Crippen LogP contribution in [0.15, 0.2) is 48.5 Å². The third-order valence-corrected chi connectivity index (χ3v) is 4.10. The molecule has 1 heterocycles. The number of rotatable bonds is 3. The number of nitrogens with one attached hydrogen (secondary N) is 1. The number of phenolic OH excluding ortho intramolecular Hbond substituents is 1. The highest BCUT2D eigenvalue weighted by atomic mass is 127. The van der Waals surface area contributed by atoms with Gasteiger partial charge in [-0.15, -0.1) is 0 Å². The van der Waals surface area contributed by atoms with Crippen LogP contribution in [0.4, 0.5) is 5.69 Å². The van der Waals surface area contributed by atoms with Crippen molar-refractivity contribution in [3.05, 3.63) is 63.4 Å². The van der Waals surface area contributed by atoms with Gasteiger partial charge in [0.15, 0.2) is 0 Å². The van der Waals surface area contributed by atoms with E-state index in [1.54, 1.807) is 6.07 Å². The first-order valence-corrected chi connectivity index (χ1v) is 7.99. The zero-order chi connectivity index (χ0) is 15.5. The Hall–Kier alpha value is -2.08. The van der Waals surface area contributed by atoms with Crippen molar-refractivity contribution in [2.45, 2.75) is 0 Å². The number of pyridine rings is 1. The van der Waals surface area contributed by atoms with Gasteiger partial charge in [0.05, 0.1) is 11.2 Å². The molecular formula is C18H15IN2O. The van der Waals surface area contributed by atoms with Crippen molar-refractivity contribution in [1.82, 2.24) is 4.98 Å². The first-order chi connectivity index (χ1) is 10.7. The fourth-order valence-electron chi connectivity index (χ4n) is 2.22. The van der Waals surface area contributed by atoms with Gasteiger partial charge in [0.25, 0.3) is 0 Å². The minimum absolute atomic E-state index is 0.249. The van der Waals surface area contributed by atoms with Crippen LogP contribution in [0.5, 0.6) is 5.75 Å². The number of halogens is 1. The molecule has 0 saturated heterocycles. The lowest BCUT2D eigenvalue weighted by Gasteiger charge is -2.04. The summed E-state index contributed by atoms with van der Waals surface area (Å²) in [4.78, 5) is 4.61. The quantitative estimate of drug-likeness (QED) is 0.622. The molecule has 3 aromatic rings. The molecule has 4 heteroatoms. The molecule has 0 aliphatic rings. The number of benzene rings is 2. The van der Waals surface area contributed by atoms with Crippen molar-refractivity contribution in [3.63, 3.8) is 0 Å². The maximum absolute atomic E-state index is 9.99. The largest absolute Gasteiger partial charge is 0.507 e. The van der Waals surface area contributed by atoms with Crippen LogP contribution in [0.3, 0.4) is 0 Å². The molecule has 3 rings (SSSR count). The van der Waals surface area contributed by atoms with Crippen LogP contribution in [-0.4, -0.2) is 17.1 Å². The second kappa shape index (κ2) is 6.36. The van der Waals surface area contributed by atoms with E-state index in [9.17, 15) is 5.11 Å². The van der Waals surface area contributed by atoms with Gasteiger partial charge in [-0.25, -0.2) is 4.98 Å². The molecule has 0 aliphatic carbocycles. The smallest absolute Gasteiger partial charge is 0.124 e. The van der Waals surface area contributed by atoms with Gasteiger partial charge in [0, 0.05) is 33.3 Å². The fraction of sp³-hybridized carbons (Fsp3) is 0.0556. The Morgan fingerprint density at radius 1 is 1.05 bits per heavy atom. The van der Waals surface area contributed by atoms with E-state index >= 15 is 0 Å². The molecule has 0 saturated carbocycles. The van der Waals surface area contributed by atoms with Crippen molar-refractivity contribution < 1.29 is 5.11 Å². The molecule has 0 aliphatic heterocycles. The third-order valence-electron chi connectivity index (χ3n) is 3.43. The fourth-order valence-corrected chi connectivity index (χ4v) is 2.74. The van der Waals surface area contributed by atoms with E-state index in [0.717, 1.165) is 27.8 Å². The predicted octanol–water partition coefficient (Wildman–Crippen LogP) is 4.76. The summed E-state index contributed by atoms with van der Waals surface area (Å²) in [5.41, 5.74) is 3.49. The number of hydrogen-bond donors (Lipinski definition) is 2. The van der Waals surface area contributed by atoms with Crippen molar-refractivity contribution in [3.8, 4) is 5.75 Å². The molecular weight excluding hydrogens is 387 g/mol. The SMILES string of the molecule is CNc1ccc(/C=C/c2ccc3cc(I)ccc3n2)c(O)c1. The summed E-state index contributed by atoms with van der Waals surface area (Å²) in [5.74, 6) is 0.249. The molecule has 2 aromatic carbocycles. The summed E-state index contributed by atoms with van der Waals surface area (Å²) in [6.45, 7) is 0. The molecule has 0 fully saturated rings. The maximum atomic E-state index is 9.99. The highest BCUT2D eigenvalue weighted by molar-refractivity contribution is 14.1. The molecule has 110 valence electrons. The summed E-state index contributed by atoms with van der Waals surface area (Å²) in [5, 5.41) is 14.1. The summed E-state index contributed by atoms with van der Waals surface area (Å²) in [6, 6.07) is 15.7. The van der Waals surface area contributed by atoms with E-state index in [1.165, 1.54) is 3.57 Å². The van der Waals surface area contributed by atoms with Gasteiger partial charge >= 0.3 is 0 Å². The molecule has 0 amide bonds. The molecule has 22 heavy (non-hydrogen) atoms. The molecule has 1 aromatic heterocycles. The van der Waals surface area contributed by atoms with Crippen LogP contribution in [0.1, 0.15) is 11.3 Å². The molecule has 0 radical (unpaired) electrons. The Bertz CT molecular complexity index is 859. The monoisotopic (exact) mass is 402 g/mol. The highest BCUT2D eigenvalue weighted by Gasteiger charge is 2.00. The minimum Gasteiger partial charge on any atom is -0.507 e. The molecule has 0 bridgehead atoms. The van der Waals surface area contributed by atoms with Gasteiger partial charge in [0.1, 0.15) is 5.75 Å². The van der Waals surface area contributed by atoms with E-state index < -0.39 is 0 Å². The van der Waals surface area contributed by atoms with E-state index in [4.69, 9.17) is 0 Å². The minimum atomic E-state index is 0.249. The lowest BCUT2D eigenvalue weighted by atomic mass is 10.1. The second-order valence-electron chi connectivity index (χ2n) is 4.93. The summed E-state index contributed by atoms with van der Waals surface area (Å²) in [7, 11) is 1.82. The van der Waals surface area contributed by atoms with Crippen LogP contribution in [-0.2, 0) is 0 Å². The van der Waals surface area contributed by atoms with E-state index in [-0.39, 0.29) is 5.75 Å². The average molecular weight is 402 g/mol. The van der Waals surface area contributed by atoms with Gasteiger partial charge in [0.2, 0.25) is 0 Å². The number of aromatic hydroxyl groups is 1. The van der Waals surface area contributed by atoms with Gasteiger partial charge in [-0.05, 0) is 71.1 Å². The summed E-state index contributed by atoms with van der Waals surface area (Å²) >= 11 is 2.30. The third kappa shape index (κ3) is 3.22. The lowest BCUT2D eigenvalue weighted by molar-refractivity contribution is 0.474. The maximum Gasteiger partial charge on any atom is 0.124 e. The van der Waals surface area contributed by atoms with Crippen LogP contribution in [0, 0.1) is 3.57 Å². The summed E-state index contributed by atoms with van der Waals surface area (Å²) < 4.78 is 1.20. The van der Waals surface area contributed by atoms with Crippen molar-refractivity contribution >= 4 is 51.3 Å². The predicted molar refractivity (Wildman–Crippen MR) is 101 cm³/mol. The Balaban J connectivity index is 1.90. The lowest BCUT2D eigenvalue weighted by Crippen LogP contribution is -1.87. The number of phenols is 1. The standard InChI is InChI=1S/C18H15IN2O/c1-20-16-8-3-12(18(22)11-16)2-6-15-7-4-13-10-14(19)5-9-17(13)21-15/h2-11,20,22H,1H3/b6-2+.